The van der Waals surface area contributed by atoms with Crippen LogP contribution >= 0.6 is 0 Å². The maximum absolute atomic E-state index is 12.4. The van der Waals surface area contributed by atoms with Crippen LogP contribution in [-0.4, -0.2) is 18.7 Å². The summed E-state index contributed by atoms with van der Waals surface area (Å²) in [5.41, 5.74) is 0.415. The van der Waals surface area contributed by atoms with Crippen LogP contribution in [-0.2, 0) is 4.74 Å². The molecule has 1 aromatic rings. The number of pyridine rings is 1. The molecule has 0 N–H and O–H groups in total. The Labute approximate surface area is 74.7 Å². The lowest BCUT2D eigenvalue weighted by molar-refractivity contribution is 0.179. The Balaban J connectivity index is 2.79. The molecular weight excluding hydrogens is 175 g/mol. The van der Waals surface area contributed by atoms with E-state index in [0.717, 1.165) is 6.20 Å². The average Bonchev–Trinajstić information content (AvgIpc) is 2.16. The van der Waals surface area contributed by atoms with Gasteiger partial charge in [-0.15, -0.1) is 0 Å². The van der Waals surface area contributed by atoms with Gasteiger partial charge in [0.2, 0.25) is 0 Å². The van der Waals surface area contributed by atoms with Gasteiger partial charge < -0.3 is 4.74 Å². The first kappa shape index (κ1) is 9.73. The number of rotatable bonds is 4. The zero-order valence-electron chi connectivity index (χ0n) is 7.11. The van der Waals surface area contributed by atoms with Crippen LogP contribution in [0.1, 0.15) is 11.7 Å². The number of halogens is 1. The number of nitroso groups, excluding NO2 is 1. The summed E-state index contributed by atoms with van der Waals surface area (Å²) in [5, 5.41) is 2.82. The number of hydrogen-bond donors (Lipinski definition) is 0. The SMILES string of the molecule is COCC(N=O)c1ccc(F)cn1. The van der Waals surface area contributed by atoms with Gasteiger partial charge in [-0.25, -0.2) is 4.39 Å². The van der Waals surface area contributed by atoms with E-state index in [4.69, 9.17) is 4.74 Å². The third-order valence-corrected chi connectivity index (χ3v) is 1.54. The van der Waals surface area contributed by atoms with Gasteiger partial charge in [-0.3, -0.25) is 4.98 Å². The molecule has 13 heavy (non-hydrogen) atoms. The summed E-state index contributed by atoms with van der Waals surface area (Å²) in [6.07, 6.45) is 1.04. The van der Waals surface area contributed by atoms with E-state index < -0.39 is 11.9 Å². The molecule has 0 amide bonds. The minimum Gasteiger partial charge on any atom is -0.382 e. The van der Waals surface area contributed by atoms with Crippen LogP contribution in [0.2, 0.25) is 0 Å². The Hall–Kier alpha value is -1.36. The summed E-state index contributed by atoms with van der Waals surface area (Å²) >= 11 is 0. The lowest BCUT2D eigenvalue weighted by atomic mass is 10.2. The highest BCUT2D eigenvalue weighted by Gasteiger charge is 2.12. The molecule has 0 saturated carbocycles. The second-order valence-corrected chi connectivity index (χ2v) is 2.48. The molecule has 1 rings (SSSR count). The van der Waals surface area contributed by atoms with Crippen molar-refractivity contribution < 1.29 is 9.13 Å². The minimum atomic E-state index is -0.661. The van der Waals surface area contributed by atoms with Crippen molar-refractivity contribution in [2.75, 3.05) is 13.7 Å². The van der Waals surface area contributed by atoms with E-state index in [1.807, 2.05) is 0 Å². The highest BCUT2D eigenvalue weighted by Crippen LogP contribution is 2.14. The first-order valence-electron chi connectivity index (χ1n) is 3.70. The van der Waals surface area contributed by atoms with Crippen LogP contribution in [0.5, 0.6) is 0 Å². The molecule has 1 aromatic heterocycles. The summed E-state index contributed by atoms with van der Waals surface area (Å²) in [6, 6.07) is 1.99. The molecule has 0 saturated heterocycles. The predicted octanol–water partition coefficient (Wildman–Crippen LogP) is 1.67. The summed E-state index contributed by atoms with van der Waals surface area (Å²) < 4.78 is 17.2. The molecule has 0 radical (unpaired) electrons. The van der Waals surface area contributed by atoms with Gasteiger partial charge in [0.25, 0.3) is 0 Å². The zero-order valence-corrected chi connectivity index (χ0v) is 7.11. The van der Waals surface area contributed by atoms with E-state index in [1.54, 1.807) is 0 Å². The maximum atomic E-state index is 12.4. The van der Waals surface area contributed by atoms with Gasteiger partial charge in [-0.1, -0.05) is 5.18 Å². The molecule has 1 atom stereocenters. The van der Waals surface area contributed by atoms with Gasteiger partial charge in [0.15, 0.2) is 6.04 Å². The van der Waals surface area contributed by atoms with Crippen molar-refractivity contribution in [2.45, 2.75) is 6.04 Å². The number of ether oxygens (including phenoxy) is 1. The Bertz CT molecular complexity index is 276. The molecule has 0 spiro atoms. The molecule has 0 aliphatic heterocycles. The lowest BCUT2D eigenvalue weighted by Crippen LogP contribution is -2.05. The molecule has 0 bridgehead atoms. The quantitative estimate of drug-likeness (QED) is 0.669. The third-order valence-electron chi connectivity index (χ3n) is 1.54. The first-order chi connectivity index (χ1) is 6.27. The van der Waals surface area contributed by atoms with Crippen molar-refractivity contribution in [3.63, 3.8) is 0 Å². The van der Waals surface area contributed by atoms with Crippen molar-refractivity contribution in [2.24, 2.45) is 5.18 Å². The Kier molecular flexibility index (Phi) is 3.45. The Morgan fingerprint density at radius 3 is 2.92 bits per heavy atom. The number of methoxy groups -OCH3 is 1. The van der Waals surface area contributed by atoms with Gasteiger partial charge >= 0.3 is 0 Å². The highest BCUT2D eigenvalue weighted by atomic mass is 19.1. The van der Waals surface area contributed by atoms with Crippen molar-refractivity contribution >= 4 is 0 Å². The van der Waals surface area contributed by atoms with E-state index in [9.17, 15) is 9.30 Å². The van der Waals surface area contributed by atoms with E-state index in [0.29, 0.717) is 5.69 Å². The molecule has 1 unspecified atom stereocenters. The van der Waals surface area contributed by atoms with Crippen LogP contribution in [0.25, 0.3) is 0 Å². The molecule has 0 aromatic carbocycles. The molecule has 1 heterocycles. The smallest absolute Gasteiger partial charge is 0.157 e. The minimum absolute atomic E-state index is 0.155. The maximum Gasteiger partial charge on any atom is 0.157 e. The fourth-order valence-electron chi connectivity index (χ4n) is 0.912. The number of hydrogen-bond acceptors (Lipinski definition) is 4. The van der Waals surface area contributed by atoms with Gasteiger partial charge in [-0.05, 0) is 12.1 Å². The standard InChI is InChI=1S/C8H9FN2O2/c1-13-5-8(11-12)7-3-2-6(9)4-10-7/h2-4,8H,5H2,1H3. The zero-order chi connectivity index (χ0) is 9.68. The summed E-state index contributed by atoms with van der Waals surface area (Å²) in [4.78, 5) is 14.0. The van der Waals surface area contributed by atoms with E-state index in [-0.39, 0.29) is 6.61 Å². The Morgan fingerprint density at radius 2 is 2.46 bits per heavy atom. The van der Waals surface area contributed by atoms with Crippen molar-refractivity contribution in [1.29, 1.82) is 0 Å². The second kappa shape index (κ2) is 4.61. The first-order valence-corrected chi connectivity index (χ1v) is 3.70. The number of nitrogens with zero attached hydrogens (tertiary/aromatic N) is 2. The monoisotopic (exact) mass is 184 g/mol. The topological polar surface area (TPSA) is 51.5 Å². The molecule has 0 aliphatic rings. The van der Waals surface area contributed by atoms with Crippen LogP contribution in [0, 0.1) is 10.7 Å². The molecular formula is C8H9FN2O2. The largest absolute Gasteiger partial charge is 0.382 e. The van der Waals surface area contributed by atoms with Crippen molar-refractivity contribution in [1.82, 2.24) is 4.98 Å². The third kappa shape index (κ3) is 2.55. The summed E-state index contributed by atoms with van der Waals surface area (Å²) in [6.45, 7) is 0.155. The van der Waals surface area contributed by atoms with Crippen LogP contribution < -0.4 is 0 Å². The second-order valence-electron chi connectivity index (χ2n) is 2.48. The summed E-state index contributed by atoms with van der Waals surface area (Å²) in [7, 11) is 1.46. The van der Waals surface area contributed by atoms with Gasteiger partial charge in [0, 0.05) is 7.11 Å². The molecule has 0 fully saturated rings. The molecule has 4 nitrogen and oxygen atoms in total. The normalized spacial score (nSPS) is 12.5. The fourth-order valence-corrected chi connectivity index (χ4v) is 0.912. The Morgan fingerprint density at radius 1 is 1.69 bits per heavy atom. The summed E-state index contributed by atoms with van der Waals surface area (Å²) in [5.74, 6) is -0.439. The molecule has 5 heteroatoms. The van der Waals surface area contributed by atoms with Crippen LogP contribution in [0.4, 0.5) is 4.39 Å². The average molecular weight is 184 g/mol. The number of aromatic nitrogens is 1. The lowest BCUT2D eigenvalue weighted by Gasteiger charge is -2.05. The van der Waals surface area contributed by atoms with Crippen molar-refractivity contribution in [3.8, 4) is 0 Å². The van der Waals surface area contributed by atoms with Crippen LogP contribution in [0.15, 0.2) is 23.5 Å². The van der Waals surface area contributed by atoms with E-state index in [1.165, 1.54) is 19.2 Å². The van der Waals surface area contributed by atoms with Gasteiger partial charge in [0.05, 0.1) is 18.5 Å². The molecule has 0 aliphatic carbocycles. The van der Waals surface area contributed by atoms with Gasteiger partial charge in [0.1, 0.15) is 5.82 Å². The fraction of sp³-hybridized carbons (Fsp3) is 0.375. The van der Waals surface area contributed by atoms with Crippen LogP contribution in [0.3, 0.4) is 0 Å². The highest BCUT2D eigenvalue weighted by molar-refractivity contribution is 5.09. The van der Waals surface area contributed by atoms with Gasteiger partial charge in [-0.2, -0.15) is 4.91 Å². The molecule has 70 valence electrons. The van der Waals surface area contributed by atoms with E-state index >= 15 is 0 Å². The van der Waals surface area contributed by atoms with Crippen molar-refractivity contribution in [3.05, 3.63) is 34.7 Å². The predicted molar refractivity (Wildman–Crippen MR) is 44.6 cm³/mol. The van der Waals surface area contributed by atoms with E-state index in [2.05, 4.69) is 10.2 Å².